The van der Waals surface area contributed by atoms with Crippen LogP contribution in [0.25, 0.3) is 16.7 Å². The molecule has 4 aromatic rings. The van der Waals surface area contributed by atoms with E-state index in [0.29, 0.717) is 5.56 Å². The van der Waals surface area contributed by atoms with E-state index in [9.17, 15) is 37.5 Å². The number of carbonyl (C=O) groups excluding carboxylic acids is 3. The van der Waals surface area contributed by atoms with Gasteiger partial charge in [-0.25, -0.2) is 4.79 Å². The zero-order valence-electron chi connectivity index (χ0n) is 22.7. The summed E-state index contributed by atoms with van der Waals surface area (Å²) in [7, 11) is 0. The van der Waals surface area contributed by atoms with Gasteiger partial charge in [0, 0.05) is 22.3 Å². The van der Waals surface area contributed by atoms with Crippen LogP contribution >= 0.6 is 0 Å². The Kier molecular flexibility index (Phi) is 9.71. The fraction of sp³-hybridized carbons (Fsp3) is 0.0909. The number of halogens is 3. The van der Waals surface area contributed by atoms with Gasteiger partial charge in [0.25, 0.3) is 5.91 Å². The number of aliphatic hydroxyl groups excluding tert-OH is 1. The monoisotopic (exact) mass is 603 g/mol. The zero-order chi connectivity index (χ0) is 31.9. The predicted molar refractivity (Wildman–Crippen MR) is 154 cm³/mol. The molecule has 44 heavy (non-hydrogen) atoms. The van der Waals surface area contributed by atoms with Crippen molar-refractivity contribution in [1.29, 1.82) is 0 Å². The first kappa shape index (κ1) is 31.4. The van der Waals surface area contributed by atoms with Gasteiger partial charge in [-0.1, -0.05) is 66.7 Å². The number of Topliss-reactive ketones (excluding diaryl/α,β-unsaturated/α-hetero) is 1. The quantitative estimate of drug-likeness (QED) is 0.151. The number of allylic oxidation sites excluding steroid dienone is 2. The Morgan fingerprint density at radius 3 is 1.82 bits per heavy atom. The Bertz CT molecular complexity index is 1680. The summed E-state index contributed by atoms with van der Waals surface area (Å²) >= 11 is 0. The molecule has 0 spiro atoms. The van der Waals surface area contributed by atoms with Crippen molar-refractivity contribution in [3.8, 4) is 16.9 Å². The van der Waals surface area contributed by atoms with E-state index in [4.69, 9.17) is 5.11 Å². The Hall–Kier alpha value is -5.55. The normalized spacial score (nSPS) is 12.2. The van der Waals surface area contributed by atoms with Crippen molar-refractivity contribution >= 4 is 29.0 Å². The van der Waals surface area contributed by atoms with Gasteiger partial charge in [0.1, 0.15) is 5.75 Å². The van der Waals surface area contributed by atoms with Gasteiger partial charge < -0.3 is 20.3 Å². The topological polar surface area (TPSA) is 130 Å². The van der Waals surface area contributed by atoms with Crippen molar-refractivity contribution in [2.75, 3.05) is 6.54 Å². The van der Waals surface area contributed by atoms with Crippen LogP contribution in [0.2, 0.25) is 0 Å². The van der Waals surface area contributed by atoms with Gasteiger partial charge in [0.2, 0.25) is 0 Å². The minimum absolute atomic E-state index is 0.00740. The highest BCUT2D eigenvalue weighted by molar-refractivity contribution is 6.32. The van der Waals surface area contributed by atoms with Crippen molar-refractivity contribution in [3.63, 3.8) is 0 Å². The number of hydrogen-bond donors (Lipinski definition) is 3. The average molecular weight is 604 g/mol. The van der Waals surface area contributed by atoms with Crippen LogP contribution in [0.3, 0.4) is 0 Å². The number of hydrogen-bond acceptors (Lipinski definition) is 6. The van der Waals surface area contributed by atoms with Gasteiger partial charge >= 0.3 is 12.3 Å². The first-order valence-corrected chi connectivity index (χ1v) is 13.0. The minimum atomic E-state index is -4.90. The fourth-order valence-corrected chi connectivity index (χ4v) is 4.10. The van der Waals surface area contributed by atoms with Crippen LogP contribution in [0.4, 0.5) is 13.2 Å². The number of carbonyl (C=O) groups is 4. The maximum Gasteiger partial charge on any atom is 0.573 e. The van der Waals surface area contributed by atoms with Crippen LogP contribution in [0, 0.1) is 0 Å². The Morgan fingerprint density at radius 1 is 0.727 bits per heavy atom. The number of amides is 1. The van der Waals surface area contributed by atoms with Crippen molar-refractivity contribution in [2.45, 2.75) is 12.5 Å². The molecule has 0 radical (unpaired) electrons. The molecule has 0 aliphatic carbocycles. The number of nitrogens with one attached hydrogen (secondary N) is 1. The highest BCUT2D eigenvalue weighted by Crippen LogP contribution is 2.27. The van der Waals surface area contributed by atoms with Gasteiger partial charge in [-0.05, 0) is 59.2 Å². The Labute approximate surface area is 249 Å². The van der Waals surface area contributed by atoms with Crippen LogP contribution in [-0.4, -0.2) is 52.7 Å². The zero-order valence-corrected chi connectivity index (χ0v) is 22.7. The van der Waals surface area contributed by atoms with Crippen molar-refractivity contribution in [1.82, 2.24) is 5.32 Å². The van der Waals surface area contributed by atoms with Crippen LogP contribution in [0.5, 0.6) is 5.75 Å². The van der Waals surface area contributed by atoms with Crippen LogP contribution in [0.15, 0.2) is 109 Å². The number of alkyl halides is 3. The van der Waals surface area contributed by atoms with E-state index in [1.165, 1.54) is 24.3 Å². The van der Waals surface area contributed by atoms with Crippen molar-refractivity contribution in [2.24, 2.45) is 0 Å². The number of carboxylic acids is 1. The van der Waals surface area contributed by atoms with Gasteiger partial charge in [-0.15, -0.1) is 13.2 Å². The summed E-state index contributed by atoms with van der Waals surface area (Å²) in [6.45, 7) is -0.522. The summed E-state index contributed by atoms with van der Waals surface area (Å²) in [5.41, 5.74) is 2.40. The van der Waals surface area contributed by atoms with Crippen LogP contribution < -0.4 is 10.1 Å². The summed E-state index contributed by atoms with van der Waals surface area (Å²) in [5, 5.41) is 20.4. The number of ether oxygens (including phenoxy) is 1. The highest BCUT2D eigenvalue weighted by Gasteiger charge is 2.31. The third kappa shape index (κ3) is 8.26. The Morgan fingerprint density at radius 2 is 1.25 bits per heavy atom. The van der Waals surface area contributed by atoms with Crippen molar-refractivity contribution < 1.29 is 47.3 Å². The largest absolute Gasteiger partial charge is 0.573 e. The summed E-state index contributed by atoms with van der Waals surface area (Å²) in [6.07, 6.45) is -5.59. The molecule has 1 unspecified atom stereocenters. The molecule has 11 heteroatoms. The molecule has 0 aliphatic rings. The molecule has 1 atom stereocenters. The highest BCUT2D eigenvalue weighted by atomic mass is 19.4. The summed E-state index contributed by atoms with van der Waals surface area (Å²) in [4.78, 5) is 49.9. The molecule has 0 saturated carbocycles. The molecule has 3 N–H and O–H groups in total. The second-order valence-electron chi connectivity index (χ2n) is 9.41. The second-order valence-corrected chi connectivity index (χ2v) is 9.41. The molecular weight excluding hydrogens is 579 g/mol. The molecule has 8 nitrogen and oxygen atoms in total. The van der Waals surface area contributed by atoms with Crippen LogP contribution in [-0.2, 0) is 4.79 Å². The molecule has 4 aromatic carbocycles. The molecule has 0 aliphatic heterocycles. The molecule has 0 saturated heterocycles. The SMILES string of the molecule is O=C(C=C(C(=O)c1ccc(C(=O)NCC(O)C(=O)O)cc1)c1ccc(-c2ccccc2)cc1)c1ccc(OC(F)(F)F)cc1. The number of carboxylic acid groups (broad SMARTS) is 1. The molecule has 4 rings (SSSR count). The first-order chi connectivity index (χ1) is 20.9. The first-order valence-electron chi connectivity index (χ1n) is 13.0. The van der Waals surface area contributed by atoms with Gasteiger partial charge in [0.15, 0.2) is 17.7 Å². The second kappa shape index (κ2) is 13.6. The molecule has 0 heterocycles. The molecule has 0 fully saturated rings. The van der Waals surface area contributed by atoms with Gasteiger partial charge in [-0.2, -0.15) is 0 Å². The van der Waals surface area contributed by atoms with E-state index in [2.05, 4.69) is 10.1 Å². The summed E-state index contributed by atoms with van der Waals surface area (Å²) < 4.78 is 41.4. The van der Waals surface area contributed by atoms with E-state index >= 15 is 0 Å². The lowest BCUT2D eigenvalue weighted by atomic mass is 9.92. The molecule has 0 bridgehead atoms. The van der Waals surface area contributed by atoms with E-state index in [0.717, 1.165) is 41.5 Å². The minimum Gasteiger partial charge on any atom is -0.479 e. The maximum atomic E-state index is 13.7. The summed E-state index contributed by atoms with van der Waals surface area (Å²) in [6, 6.07) is 26.0. The van der Waals surface area contributed by atoms with Gasteiger partial charge in [-0.3, -0.25) is 14.4 Å². The van der Waals surface area contributed by atoms with Crippen molar-refractivity contribution in [3.05, 3.63) is 131 Å². The fourth-order valence-electron chi connectivity index (χ4n) is 4.10. The lowest BCUT2D eigenvalue weighted by Gasteiger charge is -2.11. The van der Waals surface area contributed by atoms with E-state index in [-0.39, 0.29) is 22.3 Å². The molecule has 1 amide bonds. The van der Waals surface area contributed by atoms with Crippen LogP contribution in [0.1, 0.15) is 36.6 Å². The summed E-state index contributed by atoms with van der Waals surface area (Å²) in [5.74, 6) is -3.90. The van der Waals surface area contributed by atoms with Gasteiger partial charge in [0.05, 0.1) is 6.54 Å². The predicted octanol–water partition coefficient (Wildman–Crippen LogP) is 5.58. The average Bonchev–Trinajstić information content (AvgIpc) is 3.02. The smallest absolute Gasteiger partial charge is 0.479 e. The Balaban J connectivity index is 1.63. The lowest BCUT2D eigenvalue weighted by molar-refractivity contribution is -0.274. The van der Waals surface area contributed by atoms with E-state index < -0.39 is 48.2 Å². The molecule has 224 valence electrons. The third-order valence-corrected chi connectivity index (χ3v) is 6.35. The molecule has 0 aromatic heterocycles. The third-order valence-electron chi connectivity index (χ3n) is 6.35. The number of benzene rings is 4. The van der Waals surface area contributed by atoms with E-state index in [1.54, 1.807) is 24.3 Å². The molecular formula is C33H24F3NO7. The number of aliphatic carboxylic acids is 1. The number of aliphatic hydroxyl groups is 1. The lowest BCUT2D eigenvalue weighted by Crippen LogP contribution is -2.36. The maximum absolute atomic E-state index is 13.7. The number of ketones is 2. The standard InChI is InChI=1S/C33H24F3NO7/c34-33(35,36)44-26-16-14-23(15-17-26)28(38)18-27(22-8-6-21(7-9-22)20-4-2-1-3-5-20)30(40)24-10-12-25(13-11-24)31(41)37-19-29(39)32(42)43/h1-18,29,39H,19H2,(H,37,41)(H,42,43). The number of rotatable bonds is 11. The van der Waals surface area contributed by atoms with E-state index in [1.807, 2.05) is 30.3 Å².